The molecule has 0 aliphatic heterocycles. The summed E-state index contributed by atoms with van der Waals surface area (Å²) in [6, 6.07) is 135. The van der Waals surface area contributed by atoms with E-state index < -0.39 is 0 Å². The Balaban J connectivity index is 0.000000110. The minimum absolute atomic E-state index is 0.246. The molecule has 0 fully saturated rings. The highest BCUT2D eigenvalue weighted by Crippen LogP contribution is 2.56. The maximum atomic E-state index is 6.36. The highest BCUT2D eigenvalue weighted by molar-refractivity contribution is 6.12. The molecule has 654 valence electrons. The number of para-hydroxylation sites is 6. The monoisotopic (exact) mass is 1770 g/mol. The molecule has 24 aromatic rings. The Labute approximate surface area is 797 Å². The van der Waals surface area contributed by atoms with Crippen LogP contribution in [-0.4, -0.2) is 44.9 Å². The average molecular weight is 1780 g/mol. The van der Waals surface area contributed by atoms with Crippen LogP contribution in [0.4, 0.5) is 0 Å². The molecule has 0 N–H and O–H groups in total. The van der Waals surface area contributed by atoms with Crippen LogP contribution in [0.3, 0.4) is 0 Å². The van der Waals surface area contributed by atoms with Crippen molar-refractivity contribution in [3.63, 3.8) is 0 Å². The van der Waals surface area contributed by atoms with Gasteiger partial charge in [-0.25, -0.2) is 29.9 Å². The van der Waals surface area contributed by atoms with Gasteiger partial charge in [0.2, 0.25) is 0 Å². The number of nitrogens with zero attached hydrogens (tertiary/aromatic N) is 9. The van der Waals surface area contributed by atoms with Gasteiger partial charge in [0, 0.05) is 169 Å². The molecule has 0 saturated carbocycles. The van der Waals surface area contributed by atoms with Crippen molar-refractivity contribution >= 4 is 65.8 Å². The highest BCUT2D eigenvalue weighted by Gasteiger charge is 2.44. The van der Waals surface area contributed by atoms with Crippen LogP contribution in [0.25, 0.3) is 234 Å². The van der Waals surface area contributed by atoms with E-state index in [9.17, 15) is 0 Å². The van der Waals surface area contributed by atoms with Gasteiger partial charge < -0.3 is 13.3 Å². The molecule has 0 radical (unpaired) electrons. The van der Waals surface area contributed by atoms with E-state index >= 15 is 0 Å². The molecule has 0 saturated heterocycles. The van der Waals surface area contributed by atoms with E-state index in [1.807, 2.05) is 97.6 Å². The van der Waals surface area contributed by atoms with Gasteiger partial charge in [0.25, 0.3) is 0 Å². The number of rotatable bonds is 12. The second-order valence-electron chi connectivity index (χ2n) is 37.4. The van der Waals surface area contributed by atoms with Crippen LogP contribution in [0.2, 0.25) is 0 Å². The minimum Gasteiger partial charge on any atom is -0.455 e. The summed E-state index contributed by atoms with van der Waals surface area (Å²) in [4.78, 5) is 44.7. The maximum Gasteiger partial charge on any atom is 0.160 e. The largest absolute Gasteiger partial charge is 0.455 e. The maximum absolute atomic E-state index is 6.36. The van der Waals surface area contributed by atoms with Crippen LogP contribution >= 0.6 is 0 Å². The fourth-order valence-corrected chi connectivity index (χ4v) is 21.3. The van der Waals surface area contributed by atoms with Crippen molar-refractivity contribution in [2.75, 3.05) is 0 Å². The number of hydrogen-bond acceptors (Lipinski definition) is 12. The van der Waals surface area contributed by atoms with E-state index in [4.69, 9.17) is 43.2 Å². The summed E-state index contributed by atoms with van der Waals surface area (Å²) in [6.07, 6.45) is 9.14. The number of pyridine rings is 3. The average Bonchev–Trinajstić information content (AvgIpc) is 1.57. The molecule has 0 amide bonds. The number of benzene rings is 15. The standard InChI is InChI=1S/3C42H29N3O/c1-42(2)35-14-5-3-11-34(35)39-37(42)38(44-41(45-39)29-22-16-26(17-23-29)30-9-8-24-43-25-30)28-20-18-27(19-21-28)31-12-7-13-33-32-10-4-6-15-36(32)46-40(31)33;1-42(2)34-17-5-3-14-33(34)39-37(42)38(44-41(45-39)29-12-9-11-28(25-29)35-18-7-8-24-43-35)27-22-20-26(21-23-27)30-15-10-16-32-31-13-4-6-19-36(31)46-40(30)32;1-42(2)35-12-5-3-9-34(35)39-37(42)38(44-41(45-39)30-20-14-26(15-21-30)27-22-24-43-25-23-27)29-18-16-28(17-19-29)31-10-7-11-33-32-8-4-6-13-36(32)46-40(31)33/h3*3-25H,1-2H3. The van der Waals surface area contributed by atoms with Gasteiger partial charge in [-0.1, -0.05) is 375 Å². The normalized spacial score (nSPS) is 13.2. The molecule has 3 aliphatic carbocycles. The molecule has 0 bridgehead atoms. The van der Waals surface area contributed by atoms with Crippen LogP contribution < -0.4 is 0 Å². The van der Waals surface area contributed by atoms with Crippen LogP contribution in [0, 0.1) is 0 Å². The van der Waals surface area contributed by atoms with Gasteiger partial charge in [-0.2, -0.15) is 0 Å². The Bertz CT molecular complexity index is 8590. The zero-order valence-corrected chi connectivity index (χ0v) is 76.6. The summed E-state index contributed by atoms with van der Waals surface area (Å²) in [5.74, 6) is 2.14. The smallest absolute Gasteiger partial charge is 0.160 e. The number of furan rings is 3. The van der Waals surface area contributed by atoms with Crippen LogP contribution in [0.15, 0.2) is 432 Å². The number of fused-ring (bicyclic) bond motifs is 18. The predicted molar refractivity (Wildman–Crippen MR) is 559 cm³/mol. The van der Waals surface area contributed by atoms with Gasteiger partial charge in [-0.3, -0.25) is 15.0 Å². The minimum atomic E-state index is -0.256. The van der Waals surface area contributed by atoms with Crippen molar-refractivity contribution in [2.24, 2.45) is 0 Å². The molecule has 12 heteroatoms. The number of aromatic nitrogens is 9. The van der Waals surface area contributed by atoms with Crippen molar-refractivity contribution in [3.05, 3.63) is 453 Å². The Morgan fingerprint density at radius 3 is 0.891 bits per heavy atom. The van der Waals surface area contributed by atoms with Gasteiger partial charge in [0.15, 0.2) is 17.5 Å². The first-order valence-electron chi connectivity index (χ1n) is 46.8. The van der Waals surface area contributed by atoms with Gasteiger partial charge >= 0.3 is 0 Å². The summed E-state index contributed by atoms with van der Waals surface area (Å²) < 4.78 is 19.1. The molecular formula is C126H87N9O3. The molecule has 27 rings (SSSR count). The third kappa shape index (κ3) is 13.9. The fourth-order valence-electron chi connectivity index (χ4n) is 21.3. The van der Waals surface area contributed by atoms with E-state index in [1.54, 1.807) is 6.20 Å². The van der Waals surface area contributed by atoms with Crippen molar-refractivity contribution in [1.29, 1.82) is 0 Å². The topological polar surface area (TPSA) is 155 Å². The first-order chi connectivity index (χ1) is 67.7. The van der Waals surface area contributed by atoms with Crippen molar-refractivity contribution in [2.45, 2.75) is 57.8 Å². The summed E-state index contributed by atoms with van der Waals surface area (Å²) in [5, 5.41) is 6.79. The molecular weight excluding hydrogens is 1690 g/mol. The van der Waals surface area contributed by atoms with Gasteiger partial charge in [0.1, 0.15) is 33.5 Å². The van der Waals surface area contributed by atoms with Crippen molar-refractivity contribution in [3.8, 4) is 169 Å². The van der Waals surface area contributed by atoms with E-state index in [0.29, 0.717) is 5.82 Å². The van der Waals surface area contributed by atoms with E-state index in [0.717, 1.165) is 229 Å². The SMILES string of the molecule is CC1(C)c2ccccc2-c2nc(-c3ccc(-c4cccnc4)cc3)nc(-c3ccc(-c4cccc5c4oc4ccccc45)cc3)c21.CC1(C)c2ccccc2-c2nc(-c3ccc(-c4ccncc4)cc3)nc(-c3ccc(-c4cccc5c4oc4ccccc45)cc3)c21.CC1(C)c2ccccc2-c2nc(-c3cccc(-c4ccccn4)c3)nc(-c3ccc(-c4cccc5c4oc4ccccc45)cc3)c21. The Kier molecular flexibility index (Phi) is 19.6. The van der Waals surface area contributed by atoms with Gasteiger partial charge in [-0.15, -0.1) is 0 Å². The van der Waals surface area contributed by atoms with Crippen molar-refractivity contribution < 1.29 is 13.3 Å². The summed E-state index contributed by atoms with van der Waals surface area (Å²) >= 11 is 0. The van der Waals surface area contributed by atoms with Gasteiger partial charge in [0.05, 0.1) is 39.9 Å². The van der Waals surface area contributed by atoms with Gasteiger partial charge in [-0.05, 0) is 110 Å². The lowest BCUT2D eigenvalue weighted by Crippen LogP contribution is -2.17. The second-order valence-corrected chi connectivity index (χ2v) is 37.4. The molecule has 0 spiro atoms. The Morgan fingerprint density at radius 1 is 0.196 bits per heavy atom. The highest BCUT2D eigenvalue weighted by atomic mass is 16.3. The lowest BCUT2D eigenvalue weighted by atomic mass is 9.80. The number of hydrogen-bond donors (Lipinski definition) is 0. The van der Waals surface area contributed by atoms with E-state index in [-0.39, 0.29) is 16.2 Å². The third-order valence-corrected chi connectivity index (χ3v) is 28.2. The van der Waals surface area contributed by atoms with E-state index in [1.165, 1.54) is 33.4 Å². The van der Waals surface area contributed by atoms with Crippen molar-refractivity contribution in [1.82, 2.24) is 44.9 Å². The zero-order chi connectivity index (χ0) is 92.5. The lowest BCUT2D eigenvalue weighted by Gasteiger charge is -2.24. The molecule has 9 aromatic heterocycles. The first-order valence-corrected chi connectivity index (χ1v) is 46.8. The van der Waals surface area contributed by atoms with Crippen LogP contribution in [0.5, 0.6) is 0 Å². The molecule has 9 heterocycles. The molecule has 0 unspecified atom stereocenters. The quantitative estimate of drug-likeness (QED) is 0.114. The molecule has 0 atom stereocenters. The van der Waals surface area contributed by atoms with Crippen LogP contribution in [0.1, 0.15) is 74.9 Å². The first kappa shape index (κ1) is 82.3. The Morgan fingerprint density at radius 2 is 0.500 bits per heavy atom. The molecule has 3 aliphatic rings. The fraction of sp³-hybridized carbons (Fsp3) is 0.0714. The predicted octanol–water partition coefficient (Wildman–Crippen LogP) is 32.2. The lowest BCUT2D eigenvalue weighted by molar-refractivity contribution is 0.657. The second kappa shape index (κ2) is 32.9. The van der Waals surface area contributed by atoms with Crippen LogP contribution in [-0.2, 0) is 16.2 Å². The summed E-state index contributed by atoms with van der Waals surface area (Å²) in [5.41, 5.74) is 40.5. The zero-order valence-electron chi connectivity index (χ0n) is 76.6. The molecule has 138 heavy (non-hydrogen) atoms. The Hall–Kier alpha value is -17.6. The molecule has 15 aromatic carbocycles. The summed E-state index contributed by atoms with van der Waals surface area (Å²) in [7, 11) is 0. The van der Waals surface area contributed by atoms with E-state index in [2.05, 4.69) is 372 Å². The third-order valence-electron chi connectivity index (χ3n) is 28.2. The molecule has 12 nitrogen and oxygen atoms in total. The summed E-state index contributed by atoms with van der Waals surface area (Å²) in [6.45, 7) is 13.7.